The first-order valence-corrected chi connectivity index (χ1v) is 5.22. The van der Waals surface area contributed by atoms with Crippen LogP contribution in [0.4, 0.5) is 4.79 Å². The van der Waals surface area contributed by atoms with E-state index in [0.29, 0.717) is 13.0 Å². The molecule has 4 heteroatoms. The van der Waals surface area contributed by atoms with Crippen molar-refractivity contribution in [1.29, 1.82) is 0 Å². The van der Waals surface area contributed by atoms with Crippen molar-refractivity contribution in [3.05, 3.63) is 0 Å². The zero-order chi connectivity index (χ0) is 10.1. The molecule has 78 valence electrons. The van der Waals surface area contributed by atoms with Crippen LogP contribution in [-0.4, -0.2) is 35.5 Å². The Morgan fingerprint density at radius 3 is 3.00 bits per heavy atom. The lowest BCUT2D eigenvalue weighted by atomic mass is 10.0. The van der Waals surface area contributed by atoms with Gasteiger partial charge in [-0.05, 0) is 26.2 Å². The molecular formula is C10H15NO3. The monoisotopic (exact) mass is 197 g/mol. The Morgan fingerprint density at radius 1 is 1.50 bits per heavy atom. The maximum atomic E-state index is 11.6. The summed E-state index contributed by atoms with van der Waals surface area (Å²) < 4.78 is 4.95. The lowest BCUT2D eigenvalue weighted by Crippen LogP contribution is -2.48. The normalized spacial score (nSPS) is 30.6. The number of ketones is 1. The van der Waals surface area contributed by atoms with Crippen molar-refractivity contribution in [2.75, 3.05) is 6.61 Å². The lowest BCUT2D eigenvalue weighted by Gasteiger charge is -2.32. The van der Waals surface area contributed by atoms with Gasteiger partial charge in [-0.3, -0.25) is 9.69 Å². The Hall–Kier alpha value is -1.06. The third-order valence-electron chi connectivity index (χ3n) is 3.08. The summed E-state index contributed by atoms with van der Waals surface area (Å²) in [7, 11) is 0. The average molecular weight is 197 g/mol. The standard InChI is InChI=1S/C10H15NO3/c1-2-14-10(13)11-7-3-5-8(11)9(12)6-4-7/h7-8H,2-6H2,1H3/t7-,8+/m0/s1. The van der Waals surface area contributed by atoms with Crippen LogP contribution in [0.15, 0.2) is 0 Å². The van der Waals surface area contributed by atoms with Crippen LogP contribution in [0, 0.1) is 0 Å². The number of piperidine rings is 1. The number of carbonyl (C=O) groups is 2. The van der Waals surface area contributed by atoms with E-state index in [1.165, 1.54) is 0 Å². The average Bonchev–Trinajstić information content (AvgIpc) is 2.50. The van der Waals surface area contributed by atoms with Crippen molar-refractivity contribution in [2.45, 2.75) is 44.7 Å². The second-order valence-corrected chi connectivity index (χ2v) is 3.86. The summed E-state index contributed by atoms with van der Waals surface area (Å²) in [6.45, 7) is 2.16. The molecule has 0 aromatic carbocycles. The van der Waals surface area contributed by atoms with E-state index in [0.717, 1.165) is 19.3 Å². The van der Waals surface area contributed by atoms with Crippen molar-refractivity contribution in [2.24, 2.45) is 0 Å². The Bertz CT molecular complexity index is 264. The highest BCUT2D eigenvalue weighted by Crippen LogP contribution is 2.33. The van der Waals surface area contributed by atoms with Crippen LogP contribution >= 0.6 is 0 Å². The third kappa shape index (κ3) is 1.38. The van der Waals surface area contributed by atoms with Crippen molar-refractivity contribution in [1.82, 2.24) is 4.90 Å². The van der Waals surface area contributed by atoms with Gasteiger partial charge < -0.3 is 4.74 Å². The third-order valence-corrected chi connectivity index (χ3v) is 3.08. The minimum absolute atomic E-state index is 0.187. The fourth-order valence-corrected chi connectivity index (χ4v) is 2.43. The first-order chi connectivity index (χ1) is 6.74. The van der Waals surface area contributed by atoms with E-state index in [-0.39, 0.29) is 24.0 Å². The summed E-state index contributed by atoms with van der Waals surface area (Å²) in [4.78, 5) is 24.7. The van der Waals surface area contributed by atoms with Gasteiger partial charge in [0, 0.05) is 12.5 Å². The molecule has 2 saturated heterocycles. The highest BCUT2D eigenvalue weighted by atomic mass is 16.6. The number of rotatable bonds is 1. The lowest BCUT2D eigenvalue weighted by molar-refractivity contribution is -0.125. The zero-order valence-electron chi connectivity index (χ0n) is 8.36. The topological polar surface area (TPSA) is 46.6 Å². The molecule has 2 atom stereocenters. The highest BCUT2D eigenvalue weighted by Gasteiger charge is 2.44. The zero-order valence-corrected chi connectivity index (χ0v) is 8.36. The van der Waals surface area contributed by atoms with Crippen LogP contribution in [0.5, 0.6) is 0 Å². The summed E-state index contributed by atoms with van der Waals surface area (Å²) >= 11 is 0. The van der Waals surface area contributed by atoms with Gasteiger partial charge in [-0.2, -0.15) is 0 Å². The maximum absolute atomic E-state index is 11.6. The summed E-state index contributed by atoms with van der Waals surface area (Å²) in [5.41, 5.74) is 0. The van der Waals surface area contributed by atoms with E-state index < -0.39 is 0 Å². The van der Waals surface area contributed by atoms with Crippen molar-refractivity contribution < 1.29 is 14.3 Å². The second kappa shape index (κ2) is 3.59. The summed E-state index contributed by atoms with van der Waals surface area (Å²) in [5, 5.41) is 0. The van der Waals surface area contributed by atoms with E-state index in [1.807, 2.05) is 0 Å². The SMILES string of the molecule is CCOC(=O)N1[C@@H]2CCC(=O)[C@H]1CC2. The van der Waals surface area contributed by atoms with Gasteiger partial charge in [-0.25, -0.2) is 4.79 Å². The molecule has 0 aliphatic carbocycles. The van der Waals surface area contributed by atoms with Gasteiger partial charge in [0.1, 0.15) is 0 Å². The van der Waals surface area contributed by atoms with E-state index in [9.17, 15) is 9.59 Å². The molecule has 2 rings (SSSR count). The predicted molar refractivity (Wildman–Crippen MR) is 49.9 cm³/mol. The van der Waals surface area contributed by atoms with Gasteiger partial charge in [-0.15, -0.1) is 0 Å². The molecule has 4 nitrogen and oxygen atoms in total. The van der Waals surface area contributed by atoms with Gasteiger partial charge in [0.05, 0.1) is 12.6 Å². The molecule has 2 bridgehead atoms. The van der Waals surface area contributed by atoms with E-state index in [4.69, 9.17) is 4.74 Å². The Kier molecular flexibility index (Phi) is 2.44. The molecule has 0 unspecified atom stereocenters. The molecule has 0 saturated carbocycles. The van der Waals surface area contributed by atoms with Crippen molar-refractivity contribution in [3.8, 4) is 0 Å². The fourth-order valence-electron chi connectivity index (χ4n) is 2.43. The number of fused-ring (bicyclic) bond motifs is 2. The van der Waals surface area contributed by atoms with E-state index >= 15 is 0 Å². The first kappa shape index (κ1) is 9.49. The van der Waals surface area contributed by atoms with Gasteiger partial charge in [0.2, 0.25) is 0 Å². The van der Waals surface area contributed by atoms with E-state index in [1.54, 1.807) is 11.8 Å². The van der Waals surface area contributed by atoms with Gasteiger partial charge >= 0.3 is 6.09 Å². The number of ether oxygens (including phenoxy) is 1. The van der Waals surface area contributed by atoms with Crippen LogP contribution in [-0.2, 0) is 9.53 Å². The molecule has 1 amide bonds. The smallest absolute Gasteiger partial charge is 0.410 e. The predicted octanol–water partition coefficient (Wildman–Crippen LogP) is 1.34. The van der Waals surface area contributed by atoms with Crippen molar-refractivity contribution in [3.63, 3.8) is 0 Å². The van der Waals surface area contributed by atoms with Crippen LogP contribution < -0.4 is 0 Å². The largest absolute Gasteiger partial charge is 0.450 e. The number of Topliss-reactive ketones (excluding diaryl/α,β-unsaturated/α-hetero) is 1. The quantitative estimate of drug-likeness (QED) is 0.637. The second-order valence-electron chi connectivity index (χ2n) is 3.86. The van der Waals surface area contributed by atoms with Crippen LogP contribution in [0.2, 0.25) is 0 Å². The molecule has 0 N–H and O–H groups in total. The number of hydrogen-bond acceptors (Lipinski definition) is 3. The molecule has 0 aromatic rings. The van der Waals surface area contributed by atoms with Crippen molar-refractivity contribution >= 4 is 11.9 Å². The Balaban J connectivity index is 2.11. The van der Waals surface area contributed by atoms with Gasteiger partial charge in [0.25, 0.3) is 0 Å². The first-order valence-electron chi connectivity index (χ1n) is 5.22. The van der Waals surface area contributed by atoms with Gasteiger partial charge in [0.15, 0.2) is 5.78 Å². The molecule has 0 aromatic heterocycles. The van der Waals surface area contributed by atoms with Crippen LogP contribution in [0.25, 0.3) is 0 Å². The summed E-state index contributed by atoms with van der Waals surface area (Å²) in [5.74, 6) is 0.201. The Labute approximate surface area is 83.2 Å². The minimum Gasteiger partial charge on any atom is -0.450 e. The summed E-state index contributed by atoms with van der Waals surface area (Å²) in [6.07, 6.45) is 2.91. The van der Waals surface area contributed by atoms with Crippen LogP contribution in [0.3, 0.4) is 0 Å². The molecule has 2 aliphatic heterocycles. The number of carbonyl (C=O) groups excluding carboxylic acids is 2. The summed E-state index contributed by atoms with van der Waals surface area (Å²) in [6, 6.07) is 0.0598. The molecule has 0 radical (unpaired) electrons. The van der Waals surface area contributed by atoms with Gasteiger partial charge in [-0.1, -0.05) is 0 Å². The number of nitrogens with zero attached hydrogens (tertiary/aromatic N) is 1. The highest BCUT2D eigenvalue weighted by molar-refractivity contribution is 5.89. The fraction of sp³-hybridized carbons (Fsp3) is 0.800. The van der Waals surface area contributed by atoms with E-state index in [2.05, 4.69) is 0 Å². The molecule has 2 fully saturated rings. The maximum Gasteiger partial charge on any atom is 0.410 e. The molecule has 2 heterocycles. The van der Waals surface area contributed by atoms with Crippen LogP contribution in [0.1, 0.15) is 32.6 Å². The molecular weight excluding hydrogens is 182 g/mol. The number of hydrogen-bond donors (Lipinski definition) is 0. The molecule has 0 spiro atoms. The molecule has 2 aliphatic rings. The Morgan fingerprint density at radius 2 is 2.29 bits per heavy atom. The number of amides is 1. The minimum atomic E-state index is -0.312. The molecule has 14 heavy (non-hydrogen) atoms.